The van der Waals surface area contributed by atoms with E-state index in [1.54, 1.807) is 26.1 Å². The molecule has 2 rings (SSSR count). The molecule has 0 aliphatic heterocycles. The highest BCUT2D eigenvalue weighted by molar-refractivity contribution is 5.80. The normalized spacial score (nSPS) is 12.2. The van der Waals surface area contributed by atoms with Gasteiger partial charge in [0.1, 0.15) is 17.7 Å². The summed E-state index contributed by atoms with van der Waals surface area (Å²) in [5.41, 5.74) is 0.672. The van der Waals surface area contributed by atoms with Crippen LogP contribution in [0.15, 0.2) is 24.3 Å². The van der Waals surface area contributed by atoms with Gasteiger partial charge in [0.15, 0.2) is 0 Å². The Morgan fingerprint density at radius 3 is 2.86 bits per heavy atom. The number of aliphatic hydroxyl groups excluding tert-OH is 1. The minimum atomic E-state index is -0.687. The molecule has 0 saturated heterocycles. The molecule has 0 spiro atoms. The molecule has 0 saturated carbocycles. The third-order valence-electron chi connectivity index (χ3n) is 3.37. The quantitative estimate of drug-likeness (QED) is 0.833. The van der Waals surface area contributed by atoms with Crippen LogP contribution in [0.4, 0.5) is 4.39 Å². The number of nitrogens with zero attached hydrogens (tertiary/aromatic N) is 5. The van der Waals surface area contributed by atoms with Crippen LogP contribution in [0.1, 0.15) is 17.4 Å². The lowest BCUT2D eigenvalue weighted by atomic mass is 10.0. The van der Waals surface area contributed by atoms with Gasteiger partial charge in [-0.2, -0.15) is 0 Å². The van der Waals surface area contributed by atoms with Gasteiger partial charge in [-0.3, -0.25) is 4.79 Å². The van der Waals surface area contributed by atoms with E-state index in [2.05, 4.69) is 15.5 Å². The predicted molar refractivity (Wildman–Crippen MR) is 76.4 cm³/mol. The Hall–Kier alpha value is -2.35. The highest BCUT2D eigenvalue weighted by Crippen LogP contribution is 2.18. The Bertz CT molecular complexity index is 646. The highest BCUT2D eigenvalue weighted by Gasteiger charge is 2.26. The van der Waals surface area contributed by atoms with Crippen LogP contribution < -0.4 is 0 Å². The Balaban J connectivity index is 2.30. The maximum Gasteiger partial charge on any atom is 0.247 e. The molecular weight excluding hydrogens is 289 g/mol. The molecule has 0 radical (unpaired) electrons. The van der Waals surface area contributed by atoms with Gasteiger partial charge in [-0.15, -0.1) is 5.10 Å². The second-order valence-electron chi connectivity index (χ2n) is 5.00. The topological polar surface area (TPSA) is 84.1 Å². The summed E-state index contributed by atoms with van der Waals surface area (Å²) in [4.78, 5) is 14.0. The van der Waals surface area contributed by atoms with Crippen LogP contribution in [0, 0.1) is 12.7 Å². The zero-order valence-electron chi connectivity index (χ0n) is 12.5. The van der Waals surface area contributed by atoms with E-state index in [0.29, 0.717) is 11.4 Å². The number of hydrogen-bond donors (Lipinski definition) is 1. The smallest absolute Gasteiger partial charge is 0.247 e. The number of tetrazole rings is 1. The van der Waals surface area contributed by atoms with E-state index in [1.165, 1.54) is 21.7 Å². The Morgan fingerprint density at radius 2 is 2.27 bits per heavy atom. The van der Waals surface area contributed by atoms with Crippen molar-refractivity contribution in [2.24, 2.45) is 0 Å². The first kappa shape index (κ1) is 16.0. The molecule has 22 heavy (non-hydrogen) atoms. The van der Waals surface area contributed by atoms with Crippen molar-refractivity contribution in [3.8, 4) is 0 Å². The summed E-state index contributed by atoms with van der Waals surface area (Å²) in [6.45, 7) is 1.76. The summed E-state index contributed by atoms with van der Waals surface area (Å²) in [5.74, 6) is -0.110. The Morgan fingerprint density at radius 1 is 1.50 bits per heavy atom. The first-order chi connectivity index (χ1) is 10.5. The van der Waals surface area contributed by atoms with Gasteiger partial charge in [0.2, 0.25) is 5.91 Å². The van der Waals surface area contributed by atoms with Crippen LogP contribution in [-0.4, -0.2) is 56.3 Å². The zero-order chi connectivity index (χ0) is 16.1. The molecule has 0 bridgehead atoms. The van der Waals surface area contributed by atoms with E-state index in [1.807, 2.05) is 0 Å². The van der Waals surface area contributed by atoms with Crippen molar-refractivity contribution in [2.45, 2.75) is 19.4 Å². The summed E-state index contributed by atoms with van der Waals surface area (Å²) in [6, 6.07) is 5.38. The number of amides is 1. The molecule has 2 aromatic rings. The van der Waals surface area contributed by atoms with Gasteiger partial charge in [-0.1, -0.05) is 12.1 Å². The van der Waals surface area contributed by atoms with Crippen molar-refractivity contribution in [3.63, 3.8) is 0 Å². The standard InChI is InChI=1S/C14H18FN5O2/c1-10-16-17-18-20(10)13(14(22)19(2)6-7-21)9-11-4-3-5-12(15)8-11/h3-5,8,13,21H,6-7,9H2,1-2H3. The predicted octanol–water partition coefficient (Wildman–Crippen LogP) is 0.355. The molecule has 1 N–H and O–H groups in total. The zero-order valence-corrected chi connectivity index (χ0v) is 12.5. The lowest BCUT2D eigenvalue weighted by molar-refractivity contribution is -0.134. The molecule has 1 aromatic heterocycles. The number of carbonyl (C=O) groups excluding carboxylic acids is 1. The van der Waals surface area contributed by atoms with Crippen molar-refractivity contribution in [3.05, 3.63) is 41.5 Å². The van der Waals surface area contributed by atoms with Crippen LogP contribution in [0.3, 0.4) is 0 Å². The first-order valence-corrected chi connectivity index (χ1v) is 6.87. The third kappa shape index (κ3) is 3.64. The van der Waals surface area contributed by atoms with E-state index >= 15 is 0 Å². The molecular formula is C14H18FN5O2. The van der Waals surface area contributed by atoms with Gasteiger partial charge < -0.3 is 10.0 Å². The largest absolute Gasteiger partial charge is 0.395 e. The summed E-state index contributed by atoms with van der Waals surface area (Å²) in [6.07, 6.45) is 0.262. The highest BCUT2D eigenvalue weighted by atomic mass is 19.1. The SMILES string of the molecule is Cc1nnnn1C(Cc1cccc(F)c1)C(=O)N(C)CCO. The monoisotopic (exact) mass is 307 g/mol. The minimum Gasteiger partial charge on any atom is -0.395 e. The van der Waals surface area contributed by atoms with Crippen LogP contribution in [0.2, 0.25) is 0 Å². The second-order valence-corrected chi connectivity index (χ2v) is 5.00. The molecule has 1 aromatic carbocycles. The number of hydrogen-bond acceptors (Lipinski definition) is 5. The second kappa shape index (κ2) is 7.08. The molecule has 0 aliphatic carbocycles. The van der Waals surface area contributed by atoms with E-state index < -0.39 is 6.04 Å². The van der Waals surface area contributed by atoms with Gasteiger partial charge in [-0.25, -0.2) is 9.07 Å². The average molecular weight is 307 g/mol. The van der Waals surface area contributed by atoms with Crippen molar-refractivity contribution < 1.29 is 14.3 Å². The molecule has 7 nitrogen and oxygen atoms in total. The van der Waals surface area contributed by atoms with Crippen molar-refractivity contribution >= 4 is 5.91 Å². The first-order valence-electron chi connectivity index (χ1n) is 6.87. The number of carbonyl (C=O) groups is 1. The summed E-state index contributed by atoms with van der Waals surface area (Å²) in [5, 5.41) is 20.2. The fourth-order valence-corrected chi connectivity index (χ4v) is 2.21. The molecule has 8 heteroatoms. The number of benzene rings is 1. The van der Waals surface area contributed by atoms with Crippen molar-refractivity contribution in [1.82, 2.24) is 25.1 Å². The molecule has 1 amide bonds. The molecule has 1 atom stereocenters. The van der Waals surface area contributed by atoms with Gasteiger partial charge in [-0.05, 0) is 35.0 Å². The fraction of sp³-hybridized carbons (Fsp3) is 0.429. The van der Waals surface area contributed by atoms with Crippen LogP contribution in [-0.2, 0) is 11.2 Å². The summed E-state index contributed by atoms with van der Waals surface area (Å²) >= 11 is 0. The van der Waals surface area contributed by atoms with Gasteiger partial charge in [0.05, 0.1) is 6.61 Å². The molecule has 1 unspecified atom stereocenters. The number of rotatable bonds is 6. The Kier molecular flexibility index (Phi) is 5.16. The number of halogens is 1. The Labute approximate surface area is 127 Å². The van der Waals surface area contributed by atoms with Gasteiger partial charge in [0.25, 0.3) is 0 Å². The van der Waals surface area contributed by atoms with Crippen LogP contribution >= 0.6 is 0 Å². The minimum absolute atomic E-state index is 0.135. The van der Waals surface area contributed by atoms with Gasteiger partial charge >= 0.3 is 0 Å². The summed E-state index contributed by atoms with van der Waals surface area (Å²) in [7, 11) is 1.59. The maximum atomic E-state index is 13.3. The number of likely N-dealkylation sites (N-methyl/N-ethyl adjacent to an activating group) is 1. The third-order valence-corrected chi connectivity index (χ3v) is 3.37. The van der Waals surface area contributed by atoms with Crippen molar-refractivity contribution in [2.75, 3.05) is 20.2 Å². The maximum absolute atomic E-state index is 13.3. The number of aromatic nitrogens is 4. The number of aryl methyl sites for hydroxylation is 1. The van der Waals surface area contributed by atoms with E-state index in [9.17, 15) is 9.18 Å². The van der Waals surface area contributed by atoms with E-state index in [0.717, 1.165) is 0 Å². The molecule has 118 valence electrons. The lowest BCUT2D eigenvalue weighted by Gasteiger charge is -2.23. The summed E-state index contributed by atoms with van der Waals surface area (Å²) < 4.78 is 14.8. The van der Waals surface area contributed by atoms with E-state index in [-0.39, 0.29) is 31.3 Å². The average Bonchev–Trinajstić information content (AvgIpc) is 2.90. The molecule has 0 aliphatic rings. The fourth-order valence-electron chi connectivity index (χ4n) is 2.21. The van der Waals surface area contributed by atoms with Crippen LogP contribution in [0.25, 0.3) is 0 Å². The molecule has 1 heterocycles. The molecule has 0 fully saturated rings. The van der Waals surface area contributed by atoms with Crippen molar-refractivity contribution in [1.29, 1.82) is 0 Å². The lowest BCUT2D eigenvalue weighted by Crippen LogP contribution is -2.38. The van der Waals surface area contributed by atoms with E-state index in [4.69, 9.17) is 5.11 Å². The van der Waals surface area contributed by atoms with Crippen LogP contribution in [0.5, 0.6) is 0 Å². The number of aliphatic hydroxyl groups is 1. The van der Waals surface area contributed by atoms with Gasteiger partial charge in [0, 0.05) is 20.0 Å².